The molecule has 6 nitrogen and oxygen atoms in total. The normalized spacial score (nSPS) is 19.5. The molecule has 0 fully saturated rings. The van der Waals surface area contributed by atoms with Gasteiger partial charge in [0.15, 0.2) is 0 Å². The van der Waals surface area contributed by atoms with Crippen molar-refractivity contribution in [3.63, 3.8) is 0 Å². The minimum Gasteiger partial charge on any atom is -0.399 e. The molecule has 0 amide bonds. The highest BCUT2D eigenvalue weighted by Crippen LogP contribution is 2.40. The third-order valence-corrected chi connectivity index (χ3v) is 5.31. The van der Waals surface area contributed by atoms with Gasteiger partial charge in [-0.05, 0) is 63.8 Å². The van der Waals surface area contributed by atoms with Gasteiger partial charge in [-0.25, -0.2) is 0 Å². The van der Waals surface area contributed by atoms with Gasteiger partial charge in [-0.15, -0.1) is 0 Å². The van der Waals surface area contributed by atoms with Crippen molar-refractivity contribution in [1.29, 1.82) is 0 Å². The Labute approximate surface area is 157 Å². The summed E-state index contributed by atoms with van der Waals surface area (Å²) < 4.78 is 16.2. The molecule has 0 aromatic heterocycles. The Kier molecular flexibility index (Phi) is 6.91. The lowest BCUT2D eigenvalue weighted by Crippen LogP contribution is -2.54. The average molecular weight is 367 g/mol. The molecule has 0 bridgehead atoms. The third-order valence-electron chi connectivity index (χ3n) is 5.31. The van der Waals surface area contributed by atoms with Crippen molar-refractivity contribution in [3.05, 3.63) is 23.8 Å². The summed E-state index contributed by atoms with van der Waals surface area (Å²) in [5.41, 5.74) is 9.25. The number of nitrogen functional groups attached to an aromatic ring is 1. The smallest absolute Gasteiger partial charge is 0.305 e. The first-order valence-electron chi connectivity index (χ1n) is 9.47. The summed E-state index contributed by atoms with van der Waals surface area (Å²) in [5.74, 6) is -1.19. The van der Waals surface area contributed by atoms with Crippen LogP contribution in [0.2, 0.25) is 0 Å². The van der Waals surface area contributed by atoms with Crippen LogP contribution in [-0.4, -0.2) is 49.6 Å². The van der Waals surface area contributed by atoms with E-state index < -0.39 is 5.97 Å². The largest absolute Gasteiger partial charge is 0.399 e. The Morgan fingerprint density at radius 2 is 1.92 bits per heavy atom. The Hall–Kier alpha value is -1.34. The van der Waals surface area contributed by atoms with Crippen LogP contribution in [0, 0.1) is 5.92 Å². The van der Waals surface area contributed by atoms with Crippen molar-refractivity contribution < 1.29 is 19.3 Å². The maximum Gasteiger partial charge on any atom is 0.305 e. The van der Waals surface area contributed by atoms with Crippen LogP contribution in [-0.2, 0) is 20.6 Å². The lowest BCUT2D eigenvalue weighted by Gasteiger charge is -2.49. The van der Waals surface area contributed by atoms with Crippen molar-refractivity contribution >= 4 is 11.4 Å². The monoisotopic (exact) mass is 366 g/mol. The SMILES string of the molecule is CCOC(O)(COCCN1c2ccc(N)cc2CC(C)C1(C)C)OCC. The first-order chi connectivity index (χ1) is 12.2. The molecule has 1 aromatic carbocycles. The van der Waals surface area contributed by atoms with Gasteiger partial charge in [0.25, 0.3) is 0 Å². The fourth-order valence-electron chi connectivity index (χ4n) is 3.53. The maximum atomic E-state index is 10.3. The van der Waals surface area contributed by atoms with Gasteiger partial charge < -0.3 is 30.0 Å². The highest BCUT2D eigenvalue weighted by molar-refractivity contribution is 5.63. The standard InChI is InChI=1S/C20H34N2O4/c1-6-25-20(23,26-7-2)14-24-11-10-22-18-9-8-17(21)13-16(18)12-15(3)19(22,4)5/h8-9,13,15,23H,6-7,10-12,14,21H2,1-5H3. The van der Waals surface area contributed by atoms with Crippen LogP contribution < -0.4 is 10.6 Å². The summed E-state index contributed by atoms with van der Waals surface area (Å²) in [6.07, 6.45) is 1.01. The van der Waals surface area contributed by atoms with E-state index in [1.165, 1.54) is 11.3 Å². The van der Waals surface area contributed by atoms with Crippen molar-refractivity contribution in [2.75, 3.05) is 43.6 Å². The van der Waals surface area contributed by atoms with Crippen molar-refractivity contribution in [2.24, 2.45) is 5.92 Å². The minimum absolute atomic E-state index is 0.00259. The van der Waals surface area contributed by atoms with Gasteiger partial charge >= 0.3 is 5.97 Å². The first-order valence-corrected chi connectivity index (χ1v) is 9.47. The van der Waals surface area contributed by atoms with Crippen LogP contribution in [0.5, 0.6) is 0 Å². The van der Waals surface area contributed by atoms with Crippen LogP contribution in [0.4, 0.5) is 11.4 Å². The molecule has 0 saturated carbocycles. The van der Waals surface area contributed by atoms with Crippen LogP contribution in [0.1, 0.15) is 40.2 Å². The van der Waals surface area contributed by atoms with Gasteiger partial charge in [0.1, 0.15) is 6.61 Å². The summed E-state index contributed by atoms with van der Waals surface area (Å²) in [6, 6.07) is 6.11. The number of hydrogen-bond acceptors (Lipinski definition) is 6. The third kappa shape index (κ3) is 4.68. The predicted octanol–water partition coefficient (Wildman–Crippen LogP) is 2.78. The second kappa shape index (κ2) is 8.57. The number of aliphatic hydroxyl groups is 1. The van der Waals surface area contributed by atoms with E-state index in [4.69, 9.17) is 19.9 Å². The zero-order chi connectivity index (χ0) is 19.4. The number of rotatable bonds is 9. The molecule has 0 aliphatic carbocycles. The van der Waals surface area contributed by atoms with Gasteiger partial charge in [-0.1, -0.05) is 6.92 Å². The topological polar surface area (TPSA) is 77.2 Å². The van der Waals surface area contributed by atoms with Crippen molar-refractivity contribution in [2.45, 2.75) is 52.6 Å². The summed E-state index contributed by atoms with van der Waals surface area (Å²) in [5, 5.41) is 10.3. The van der Waals surface area contributed by atoms with Gasteiger partial charge in [-0.2, -0.15) is 0 Å². The summed E-state index contributed by atoms with van der Waals surface area (Å²) in [7, 11) is 0. The molecule has 2 rings (SSSR count). The first kappa shape index (κ1) is 21.0. The Balaban J connectivity index is 2.03. The molecule has 1 atom stereocenters. The summed E-state index contributed by atoms with van der Waals surface area (Å²) in [4.78, 5) is 2.37. The Bertz CT molecular complexity index is 585. The summed E-state index contributed by atoms with van der Waals surface area (Å²) in [6.45, 7) is 12.3. The van der Waals surface area contributed by atoms with Crippen molar-refractivity contribution in [3.8, 4) is 0 Å². The molecule has 6 heteroatoms. The lowest BCUT2D eigenvalue weighted by atomic mass is 9.78. The highest BCUT2D eigenvalue weighted by Gasteiger charge is 2.38. The molecule has 3 N–H and O–H groups in total. The Morgan fingerprint density at radius 1 is 1.27 bits per heavy atom. The number of nitrogens with zero attached hydrogens (tertiary/aromatic N) is 1. The molecular formula is C20H34N2O4. The van der Waals surface area contributed by atoms with E-state index in [9.17, 15) is 5.11 Å². The van der Waals surface area contributed by atoms with Crippen LogP contribution >= 0.6 is 0 Å². The molecule has 1 aliphatic rings. The van der Waals surface area contributed by atoms with Gasteiger partial charge in [0, 0.05) is 36.7 Å². The average Bonchev–Trinajstić information content (AvgIpc) is 2.55. The molecular weight excluding hydrogens is 332 g/mol. The second-order valence-corrected chi connectivity index (χ2v) is 7.43. The molecule has 1 heterocycles. The van der Waals surface area contributed by atoms with Gasteiger partial charge in [0.05, 0.1) is 6.61 Å². The van der Waals surface area contributed by atoms with Gasteiger partial charge in [-0.3, -0.25) is 0 Å². The van der Waals surface area contributed by atoms with E-state index in [0.29, 0.717) is 32.3 Å². The number of hydrogen-bond donors (Lipinski definition) is 2. The van der Waals surface area contributed by atoms with E-state index in [-0.39, 0.29) is 12.1 Å². The number of anilines is 2. The summed E-state index contributed by atoms with van der Waals surface area (Å²) >= 11 is 0. The number of benzene rings is 1. The quantitative estimate of drug-likeness (QED) is 0.398. The molecule has 1 unspecified atom stereocenters. The van der Waals surface area contributed by atoms with Crippen LogP contribution in [0.3, 0.4) is 0 Å². The van der Waals surface area contributed by atoms with E-state index in [1.807, 2.05) is 19.9 Å². The molecule has 0 spiro atoms. The number of nitrogens with two attached hydrogens (primary N) is 1. The molecule has 0 saturated heterocycles. The number of ether oxygens (including phenoxy) is 3. The second-order valence-electron chi connectivity index (χ2n) is 7.43. The van der Waals surface area contributed by atoms with Crippen LogP contribution in [0.25, 0.3) is 0 Å². The Morgan fingerprint density at radius 3 is 2.54 bits per heavy atom. The van der Waals surface area contributed by atoms with Gasteiger partial charge in [0.2, 0.25) is 0 Å². The molecule has 26 heavy (non-hydrogen) atoms. The predicted molar refractivity (Wildman–Crippen MR) is 104 cm³/mol. The highest BCUT2D eigenvalue weighted by atomic mass is 16.8. The molecule has 0 radical (unpaired) electrons. The van der Waals surface area contributed by atoms with E-state index in [1.54, 1.807) is 0 Å². The molecule has 1 aromatic rings. The van der Waals surface area contributed by atoms with E-state index in [2.05, 4.69) is 37.8 Å². The zero-order valence-electron chi connectivity index (χ0n) is 16.7. The lowest BCUT2D eigenvalue weighted by molar-refractivity contribution is -0.373. The minimum atomic E-state index is -1.68. The fraction of sp³-hybridized carbons (Fsp3) is 0.700. The molecule has 148 valence electrons. The van der Waals surface area contributed by atoms with E-state index in [0.717, 1.165) is 12.1 Å². The maximum absolute atomic E-state index is 10.3. The van der Waals surface area contributed by atoms with Crippen LogP contribution in [0.15, 0.2) is 18.2 Å². The zero-order valence-corrected chi connectivity index (χ0v) is 16.7. The van der Waals surface area contributed by atoms with Crippen molar-refractivity contribution in [1.82, 2.24) is 0 Å². The van der Waals surface area contributed by atoms with E-state index >= 15 is 0 Å². The number of fused-ring (bicyclic) bond motifs is 1. The fourth-order valence-corrected chi connectivity index (χ4v) is 3.53. The molecule has 1 aliphatic heterocycles.